The molecule has 0 bridgehead atoms. The van der Waals surface area contributed by atoms with Gasteiger partial charge < -0.3 is 11.1 Å². The van der Waals surface area contributed by atoms with E-state index in [1.807, 2.05) is 12.3 Å². The van der Waals surface area contributed by atoms with E-state index in [-0.39, 0.29) is 11.6 Å². The number of rotatable bonds is 4. The van der Waals surface area contributed by atoms with Crippen molar-refractivity contribution in [2.24, 2.45) is 0 Å². The van der Waals surface area contributed by atoms with E-state index in [9.17, 15) is 4.79 Å². The Morgan fingerprint density at radius 2 is 2.28 bits per heavy atom. The zero-order valence-corrected chi connectivity index (χ0v) is 10.7. The van der Waals surface area contributed by atoms with Gasteiger partial charge in [-0.25, -0.2) is 4.98 Å². The minimum atomic E-state index is -0.254. The van der Waals surface area contributed by atoms with Gasteiger partial charge in [-0.15, -0.1) is 21.5 Å². The van der Waals surface area contributed by atoms with E-state index < -0.39 is 0 Å². The molecule has 1 amide bonds. The number of anilines is 1. The van der Waals surface area contributed by atoms with E-state index in [0.717, 1.165) is 10.7 Å². The van der Waals surface area contributed by atoms with E-state index in [1.54, 1.807) is 23.5 Å². The summed E-state index contributed by atoms with van der Waals surface area (Å²) in [5.74, 6) is 0.0422. The van der Waals surface area contributed by atoms with Crippen LogP contribution in [0.15, 0.2) is 17.5 Å². The van der Waals surface area contributed by atoms with E-state index in [2.05, 4.69) is 20.5 Å². The molecule has 0 atom stereocenters. The van der Waals surface area contributed by atoms with Crippen LogP contribution < -0.4 is 11.1 Å². The molecule has 0 unspecified atom stereocenters. The normalized spacial score (nSPS) is 10.3. The van der Waals surface area contributed by atoms with Crippen molar-refractivity contribution in [2.75, 3.05) is 12.3 Å². The summed E-state index contributed by atoms with van der Waals surface area (Å²) in [5, 5.41) is 13.1. The topological polar surface area (TPSA) is 93.8 Å². The zero-order chi connectivity index (χ0) is 13.0. The predicted octanol–water partition coefficient (Wildman–Crippen LogP) is 0.796. The minimum Gasteiger partial charge on any atom is -0.382 e. The molecule has 0 saturated carbocycles. The molecule has 0 aliphatic heterocycles. The maximum Gasteiger partial charge on any atom is 0.271 e. The number of nitrogens with zero attached hydrogens (tertiary/aromatic N) is 3. The van der Waals surface area contributed by atoms with Crippen molar-refractivity contribution in [3.8, 4) is 0 Å². The lowest BCUT2D eigenvalue weighted by atomic mass is 10.3. The first-order valence-electron chi connectivity index (χ1n) is 5.43. The molecule has 2 aromatic heterocycles. The molecule has 0 aromatic carbocycles. The first kappa shape index (κ1) is 12.4. The Morgan fingerprint density at radius 3 is 2.89 bits per heavy atom. The molecule has 0 radical (unpaired) electrons. The molecule has 0 spiro atoms. The lowest BCUT2D eigenvalue weighted by Gasteiger charge is -2.02. The maximum absolute atomic E-state index is 11.7. The average molecular weight is 263 g/mol. The number of carbonyl (C=O) groups excluding carboxylic acids is 1. The van der Waals surface area contributed by atoms with Gasteiger partial charge in [-0.3, -0.25) is 4.79 Å². The van der Waals surface area contributed by atoms with Crippen LogP contribution in [0.3, 0.4) is 0 Å². The fraction of sp³-hybridized carbons (Fsp3) is 0.273. The molecular weight excluding hydrogens is 250 g/mol. The quantitative estimate of drug-likeness (QED) is 0.850. The highest BCUT2D eigenvalue weighted by atomic mass is 32.1. The summed E-state index contributed by atoms with van der Waals surface area (Å²) in [5.41, 5.74) is 6.66. The SMILES string of the molecule is Cc1csc(CCNC(=O)c2ccc(N)nn2)n1. The number of nitrogens with one attached hydrogen (secondary N) is 1. The second kappa shape index (κ2) is 5.54. The van der Waals surface area contributed by atoms with Crippen LogP contribution in [0.1, 0.15) is 21.2 Å². The first-order chi connectivity index (χ1) is 8.65. The Hall–Kier alpha value is -2.02. The molecule has 7 heteroatoms. The lowest BCUT2D eigenvalue weighted by molar-refractivity contribution is 0.0948. The molecule has 0 fully saturated rings. The van der Waals surface area contributed by atoms with Crippen molar-refractivity contribution >= 4 is 23.1 Å². The Balaban J connectivity index is 1.83. The molecule has 3 N–H and O–H groups in total. The number of thiazole rings is 1. The van der Waals surface area contributed by atoms with Crippen LogP contribution in [0, 0.1) is 6.92 Å². The third-order valence-corrected chi connectivity index (χ3v) is 3.24. The number of carbonyl (C=O) groups is 1. The number of hydrogen-bond acceptors (Lipinski definition) is 6. The van der Waals surface area contributed by atoms with Gasteiger partial charge >= 0.3 is 0 Å². The number of aryl methyl sites for hydroxylation is 1. The summed E-state index contributed by atoms with van der Waals surface area (Å²) in [6.07, 6.45) is 0.715. The molecular formula is C11H13N5OS. The molecule has 0 aliphatic rings. The fourth-order valence-corrected chi connectivity index (χ4v) is 2.13. The first-order valence-corrected chi connectivity index (χ1v) is 6.31. The number of nitrogens with two attached hydrogens (primary N) is 1. The van der Waals surface area contributed by atoms with Gasteiger partial charge in [0, 0.05) is 24.0 Å². The van der Waals surface area contributed by atoms with Crippen molar-refractivity contribution in [2.45, 2.75) is 13.3 Å². The molecule has 0 aliphatic carbocycles. The second-order valence-electron chi connectivity index (χ2n) is 3.73. The van der Waals surface area contributed by atoms with Gasteiger partial charge in [0.25, 0.3) is 5.91 Å². The van der Waals surface area contributed by atoms with Crippen molar-refractivity contribution < 1.29 is 4.79 Å². The van der Waals surface area contributed by atoms with Gasteiger partial charge in [0.1, 0.15) is 5.82 Å². The number of hydrogen-bond donors (Lipinski definition) is 2. The van der Waals surface area contributed by atoms with Gasteiger partial charge in [0.15, 0.2) is 5.69 Å². The van der Waals surface area contributed by atoms with Crippen molar-refractivity contribution in [1.29, 1.82) is 0 Å². The third kappa shape index (κ3) is 3.24. The van der Waals surface area contributed by atoms with Crippen LogP contribution in [0.5, 0.6) is 0 Å². The van der Waals surface area contributed by atoms with Crippen LogP contribution in [0.4, 0.5) is 5.82 Å². The smallest absolute Gasteiger partial charge is 0.271 e. The van der Waals surface area contributed by atoms with Gasteiger partial charge in [0.2, 0.25) is 0 Å². The van der Waals surface area contributed by atoms with Crippen molar-refractivity contribution in [1.82, 2.24) is 20.5 Å². The molecule has 94 valence electrons. The summed E-state index contributed by atoms with van der Waals surface area (Å²) in [6, 6.07) is 3.09. The van der Waals surface area contributed by atoms with Gasteiger partial charge in [-0.05, 0) is 19.1 Å². The maximum atomic E-state index is 11.7. The number of aromatic nitrogens is 3. The summed E-state index contributed by atoms with van der Waals surface area (Å²) in [6.45, 7) is 2.47. The van der Waals surface area contributed by atoms with Gasteiger partial charge in [-0.1, -0.05) is 0 Å². The lowest BCUT2D eigenvalue weighted by Crippen LogP contribution is -2.26. The monoisotopic (exact) mass is 263 g/mol. The largest absolute Gasteiger partial charge is 0.382 e. The van der Waals surface area contributed by atoms with Crippen molar-refractivity contribution in [3.05, 3.63) is 33.9 Å². The van der Waals surface area contributed by atoms with E-state index >= 15 is 0 Å². The zero-order valence-electron chi connectivity index (χ0n) is 9.88. The molecule has 0 saturated heterocycles. The summed E-state index contributed by atoms with van der Waals surface area (Å²) >= 11 is 1.59. The fourth-order valence-electron chi connectivity index (χ4n) is 1.35. The van der Waals surface area contributed by atoms with Crippen molar-refractivity contribution in [3.63, 3.8) is 0 Å². The van der Waals surface area contributed by atoms with Crippen LogP contribution in [0.25, 0.3) is 0 Å². The molecule has 2 aromatic rings. The van der Waals surface area contributed by atoms with Gasteiger partial charge in [0.05, 0.1) is 5.01 Å². The van der Waals surface area contributed by atoms with E-state index in [0.29, 0.717) is 18.8 Å². The average Bonchev–Trinajstić information content (AvgIpc) is 2.76. The predicted molar refractivity (Wildman–Crippen MR) is 69.3 cm³/mol. The van der Waals surface area contributed by atoms with Crippen LogP contribution in [0.2, 0.25) is 0 Å². The molecule has 2 heterocycles. The van der Waals surface area contributed by atoms with E-state index in [4.69, 9.17) is 5.73 Å². The Labute approximate surface area is 108 Å². The van der Waals surface area contributed by atoms with Crippen LogP contribution in [-0.2, 0) is 6.42 Å². The minimum absolute atomic E-state index is 0.254. The summed E-state index contributed by atoms with van der Waals surface area (Å²) < 4.78 is 0. The summed E-state index contributed by atoms with van der Waals surface area (Å²) in [4.78, 5) is 16.0. The Kier molecular flexibility index (Phi) is 3.83. The molecule has 18 heavy (non-hydrogen) atoms. The standard InChI is InChI=1S/C11H13N5OS/c1-7-6-18-10(14-7)4-5-13-11(17)8-2-3-9(12)16-15-8/h2-3,6H,4-5H2,1H3,(H2,12,16)(H,13,17). The van der Waals surface area contributed by atoms with Gasteiger partial charge in [-0.2, -0.15) is 0 Å². The number of nitrogen functional groups attached to an aromatic ring is 1. The number of amides is 1. The third-order valence-electron chi connectivity index (χ3n) is 2.21. The molecule has 6 nitrogen and oxygen atoms in total. The second-order valence-corrected chi connectivity index (χ2v) is 4.67. The summed E-state index contributed by atoms with van der Waals surface area (Å²) in [7, 11) is 0. The highest BCUT2D eigenvalue weighted by Crippen LogP contribution is 2.08. The highest BCUT2D eigenvalue weighted by molar-refractivity contribution is 7.09. The van der Waals surface area contributed by atoms with E-state index in [1.165, 1.54) is 0 Å². The van der Waals surface area contributed by atoms with Crippen LogP contribution >= 0.6 is 11.3 Å². The Bertz CT molecular complexity index is 537. The van der Waals surface area contributed by atoms with Crippen LogP contribution in [-0.4, -0.2) is 27.6 Å². The highest BCUT2D eigenvalue weighted by Gasteiger charge is 2.07. The molecule has 2 rings (SSSR count). The Morgan fingerprint density at radius 1 is 1.44 bits per heavy atom.